The maximum absolute atomic E-state index is 13.4. The van der Waals surface area contributed by atoms with E-state index in [-0.39, 0.29) is 35.4 Å². The van der Waals surface area contributed by atoms with E-state index >= 15 is 0 Å². The van der Waals surface area contributed by atoms with Crippen LogP contribution in [0.2, 0.25) is 0 Å². The highest BCUT2D eigenvalue weighted by Gasteiger charge is 2.47. The topological polar surface area (TPSA) is 173 Å². The van der Waals surface area contributed by atoms with Crippen molar-refractivity contribution in [3.63, 3.8) is 0 Å². The number of amides is 5. The monoisotopic (exact) mass is 855 g/mol. The highest BCUT2D eigenvalue weighted by Crippen LogP contribution is 2.42. The van der Waals surface area contributed by atoms with Crippen molar-refractivity contribution in [3.05, 3.63) is 88.6 Å². The number of halogens is 3. The first kappa shape index (κ1) is 41.6. The fourth-order valence-corrected chi connectivity index (χ4v) is 9.77. The molecule has 1 atom stereocenters. The van der Waals surface area contributed by atoms with Gasteiger partial charge in [0, 0.05) is 75.3 Å². The van der Waals surface area contributed by atoms with Gasteiger partial charge >= 0.3 is 6.18 Å². The number of rotatable bonds is 9. The van der Waals surface area contributed by atoms with Gasteiger partial charge in [0.2, 0.25) is 11.8 Å². The van der Waals surface area contributed by atoms with Crippen LogP contribution in [0.25, 0.3) is 5.65 Å². The number of carbonyl (C=O) groups excluding carboxylic acids is 5. The predicted molar refractivity (Wildman–Crippen MR) is 219 cm³/mol. The quantitative estimate of drug-likeness (QED) is 0.204. The molecule has 3 aromatic heterocycles. The molecule has 5 aliphatic rings. The molecule has 0 bridgehead atoms. The molecule has 3 N–H and O–H groups in total. The summed E-state index contributed by atoms with van der Waals surface area (Å²) < 4.78 is 41.5. The van der Waals surface area contributed by atoms with Crippen LogP contribution < -0.4 is 15.5 Å². The summed E-state index contributed by atoms with van der Waals surface area (Å²) in [5.74, 6) is -2.63. The molecule has 5 amide bonds. The minimum Gasteiger partial charge on any atom is -0.386 e. The molecule has 9 rings (SSSR count). The van der Waals surface area contributed by atoms with Gasteiger partial charge in [-0.05, 0) is 101 Å². The number of nitrogens with zero attached hydrogens (tertiary/aromatic N) is 7. The Bertz CT molecular complexity index is 2480. The summed E-state index contributed by atoms with van der Waals surface area (Å²) in [6, 6.07) is 9.16. The van der Waals surface area contributed by atoms with E-state index in [4.69, 9.17) is 4.98 Å². The molecular formula is C44H48F3N9O6. The molecule has 4 saturated heterocycles. The van der Waals surface area contributed by atoms with Crippen molar-refractivity contribution >= 4 is 46.6 Å². The van der Waals surface area contributed by atoms with Crippen molar-refractivity contribution in [2.45, 2.75) is 76.1 Å². The van der Waals surface area contributed by atoms with Crippen LogP contribution >= 0.6 is 0 Å². The lowest BCUT2D eigenvalue weighted by Crippen LogP contribution is -2.61. The van der Waals surface area contributed by atoms with E-state index < -0.39 is 58.7 Å². The van der Waals surface area contributed by atoms with E-state index in [1.807, 2.05) is 12.3 Å². The van der Waals surface area contributed by atoms with Crippen molar-refractivity contribution in [1.82, 2.24) is 34.4 Å². The molecule has 0 aliphatic carbocycles. The largest absolute Gasteiger partial charge is 0.433 e. The average Bonchev–Trinajstić information content (AvgIpc) is 3.75. The van der Waals surface area contributed by atoms with E-state index in [0.29, 0.717) is 16.8 Å². The molecule has 4 fully saturated rings. The van der Waals surface area contributed by atoms with Gasteiger partial charge in [0.25, 0.3) is 17.7 Å². The number of imide groups is 2. The van der Waals surface area contributed by atoms with E-state index in [9.17, 15) is 42.3 Å². The zero-order valence-corrected chi connectivity index (χ0v) is 34.5. The third kappa shape index (κ3) is 7.94. The van der Waals surface area contributed by atoms with Crippen molar-refractivity contribution in [2.24, 2.45) is 5.41 Å². The van der Waals surface area contributed by atoms with Gasteiger partial charge in [-0.2, -0.15) is 13.2 Å². The lowest BCUT2D eigenvalue weighted by atomic mass is 9.72. The van der Waals surface area contributed by atoms with Gasteiger partial charge in [0.1, 0.15) is 23.1 Å². The molecule has 1 spiro atoms. The van der Waals surface area contributed by atoms with Gasteiger partial charge in [-0.1, -0.05) is 6.07 Å². The number of pyridine rings is 2. The standard InChI is InChI=1S/C44H48F3N9O6/c1-42(2,62)30-21-36-49-32(22-55(36)23-33(30)50-38(58)31-4-3-5-35(48-31)44(45,46)47)26-10-14-52(15-11-26)18-19-53-24-43(25-53)12-16-54(17-13-43)27-6-7-28-29(20-27)41(61)56(40(28)60)34-8-9-37(57)51-39(34)59/h3-7,20-23,26,34,62H,8-19,24-25H2,1-2H3,(H,50,58)(H,51,57,59). The first-order valence-electron chi connectivity index (χ1n) is 21.1. The molecule has 1 aromatic carbocycles. The van der Waals surface area contributed by atoms with Crippen LogP contribution in [0.5, 0.6) is 0 Å². The second kappa shape index (κ2) is 15.6. The SMILES string of the molecule is CC(C)(O)c1cc2nc(C3CCN(CCN4CC5(CCN(c6ccc7c(c6)C(=O)N(C6CCC(=O)NC6=O)C7=O)CC5)C4)CC3)cn2cc1NC(=O)c1cccc(C(F)(F)F)n1. The number of fused-ring (bicyclic) bond motifs is 2. The van der Waals surface area contributed by atoms with Crippen LogP contribution in [-0.4, -0.2) is 122 Å². The number of hydrogen-bond acceptors (Lipinski definition) is 11. The first-order valence-corrected chi connectivity index (χ1v) is 21.1. The zero-order chi connectivity index (χ0) is 43.7. The number of aromatic nitrogens is 3. The Hall–Kier alpha value is -5.72. The fourth-order valence-electron chi connectivity index (χ4n) is 9.77. The lowest BCUT2D eigenvalue weighted by Gasteiger charge is -2.55. The summed E-state index contributed by atoms with van der Waals surface area (Å²) >= 11 is 0. The number of carbonyl (C=O) groups is 5. The summed E-state index contributed by atoms with van der Waals surface area (Å²) in [5, 5.41) is 15.9. The molecule has 62 heavy (non-hydrogen) atoms. The maximum Gasteiger partial charge on any atom is 0.433 e. The molecule has 18 heteroatoms. The number of aliphatic hydroxyl groups is 1. The number of imidazole rings is 1. The molecule has 5 aliphatic heterocycles. The third-order valence-corrected chi connectivity index (χ3v) is 13.3. The number of hydrogen-bond donors (Lipinski definition) is 3. The summed E-state index contributed by atoms with van der Waals surface area (Å²) in [5.41, 5.74) is 0.871. The number of nitrogens with one attached hydrogen (secondary N) is 2. The molecule has 0 saturated carbocycles. The zero-order valence-electron chi connectivity index (χ0n) is 34.5. The second-order valence-corrected chi connectivity index (χ2v) is 17.9. The summed E-state index contributed by atoms with van der Waals surface area (Å²) in [6.07, 6.45) is 2.94. The highest BCUT2D eigenvalue weighted by molar-refractivity contribution is 6.23. The van der Waals surface area contributed by atoms with Crippen LogP contribution in [0.1, 0.15) is 106 Å². The summed E-state index contributed by atoms with van der Waals surface area (Å²) in [4.78, 5) is 80.3. The van der Waals surface area contributed by atoms with Crippen LogP contribution in [-0.2, 0) is 21.4 Å². The van der Waals surface area contributed by atoms with Crippen molar-refractivity contribution in [1.29, 1.82) is 0 Å². The van der Waals surface area contributed by atoms with E-state index in [2.05, 4.69) is 30.3 Å². The Morgan fingerprint density at radius 1 is 0.887 bits per heavy atom. The fraction of sp³-hybridized carbons (Fsp3) is 0.477. The number of anilines is 2. The van der Waals surface area contributed by atoms with E-state index in [1.54, 1.807) is 42.6 Å². The Morgan fingerprint density at radius 3 is 2.29 bits per heavy atom. The normalized spacial score (nSPS) is 21.4. The van der Waals surface area contributed by atoms with Gasteiger partial charge in [-0.15, -0.1) is 0 Å². The van der Waals surface area contributed by atoms with Crippen molar-refractivity contribution in [3.8, 4) is 0 Å². The van der Waals surface area contributed by atoms with Crippen molar-refractivity contribution in [2.75, 3.05) is 62.6 Å². The van der Waals surface area contributed by atoms with Crippen LogP contribution in [0, 0.1) is 5.41 Å². The minimum atomic E-state index is -4.70. The lowest BCUT2D eigenvalue weighted by molar-refractivity contribution is -0.141. The van der Waals surface area contributed by atoms with Gasteiger partial charge in [-0.3, -0.25) is 34.2 Å². The number of benzene rings is 1. The predicted octanol–water partition coefficient (Wildman–Crippen LogP) is 4.41. The van der Waals surface area contributed by atoms with Gasteiger partial charge in [0.15, 0.2) is 0 Å². The molecule has 4 aromatic rings. The second-order valence-electron chi connectivity index (χ2n) is 17.9. The van der Waals surface area contributed by atoms with E-state index in [0.717, 1.165) is 106 Å². The van der Waals surface area contributed by atoms with Crippen molar-refractivity contribution < 1.29 is 42.3 Å². The van der Waals surface area contributed by atoms with Crippen LogP contribution in [0.4, 0.5) is 24.5 Å². The molecule has 1 unspecified atom stereocenters. The Labute approximate surface area is 355 Å². The summed E-state index contributed by atoms with van der Waals surface area (Å²) in [7, 11) is 0. The van der Waals surface area contributed by atoms with E-state index in [1.165, 1.54) is 6.07 Å². The molecular weight excluding hydrogens is 808 g/mol. The molecule has 8 heterocycles. The summed E-state index contributed by atoms with van der Waals surface area (Å²) in [6.45, 7) is 10.7. The first-order chi connectivity index (χ1) is 29.4. The van der Waals surface area contributed by atoms with Crippen LogP contribution in [0.15, 0.2) is 54.9 Å². The van der Waals surface area contributed by atoms with Crippen LogP contribution in [0.3, 0.4) is 0 Å². The highest BCUT2D eigenvalue weighted by atomic mass is 19.4. The van der Waals surface area contributed by atoms with Gasteiger partial charge in [0.05, 0.1) is 28.1 Å². The van der Waals surface area contributed by atoms with Gasteiger partial charge < -0.3 is 29.5 Å². The average molecular weight is 856 g/mol. The Morgan fingerprint density at radius 2 is 1.60 bits per heavy atom. The number of piperidine rings is 3. The minimum absolute atomic E-state index is 0.0791. The Kier molecular flexibility index (Phi) is 10.5. The molecule has 15 nitrogen and oxygen atoms in total. The molecule has 326 valence electrons. The maximum atomic E-state index is 13.4. The number of likely N-dealkylation sites (tertiary alicyclic amines) is 2. The smallest absolute Gasteiger partial charge is 0.386 e. The Balaban J connectivity index is 0.750. The third-order valence-electron chi connectivity index (χ3n) is 13.3. The van der Waals surface area contributed by atoms with Gasteiger partial charge in [-0.25, -0.2) is 9.97 Å². The molecule has 0 radical (unpaired) electrons. The number of alkyl halides is 3.